The van der Waals surface area contributed by atoms with Gasteiger partial charge in [0.1, 0.15) is 0 Å². The van der Waals surface area contributed by atoms with Crippen molar-refractivity contribution in [3.8, 4) is 67.5 Å². The van der Waals surface area contributed by atoms with Crippen molar-refractivity contribution in [3.05, 3.63) is 200 Å². The van der Waals surface area contributed by atoms with E-state index in [1.807, 2.05) is 0 Å². The molecule has 3 aromatic heterocycles. The van der Waals surface area contributed by atoms with Crippen LogP contribution in [0.5, 0.6) is 0 Å². The fraction of sp³-hybridized carbons (Fsp3) is 0. The lowest BCUT2D eigenvalue weighted by Crippen LogP contribution is -2.02. The highest BCUT2D eigenvalue weighted by molar-refractivity contribution is 7.26. The van der Waals surface area contributed by atoms with Crippen LogP contribution < -0.4 is 0 Å². The molecule has 0 atom stereocenters. The van der Waals surface area contributed by atoms with Crippen molar-refractivity contribution in [2.24, 2.45) is 0 Å². The maximum atomic E-state index is 5.47. The molecule has 0 aliphatic carbocycles. The Morgan fingerprint density at radius 1 is 0.250 bits per heavy atom. The van der Waals surface area contributed by atoms with E-state index in [-0.39, 0.29) is 0 Å². The third kappa shape index (κ3) is 5.66. The number of rotatable bonds is 6. The Morgan fingerprint density at radius 3 is 1.23 bits per heavy atom. The lowest BCUT2D eigenvalue weighted by molar-refractivity contribution is 1.08. The molecule has 0 unspecified atom stereocenters. The monoisotopic (exact) mass is 799 g/mol. The van der Waals surface area contributed by atoms with Crippen LogP contribution >= 0.6 is 22.7 Å². The minimum absolute atomic E-state index is 0.636. The zero-order valence-electron chi connectivity index (χ0n) is 32.2. The highest BCUT2D eigenvalue weighted by Gasteiger charge is 2.23. The SMILES string of the molecule is c1ccc(-c2c(-c3nc(-c4cccc5c4sc4ccccc45)nc(-c4cccc5c4sc4ccccc45)n3)cccc2-c2ccc(-c3ccccc3)c3ccccc23)cc1. The highest BCUT2D eigenvalue weighted by Crippen LogP contribution is 2.46. The van der Waals surface area contributed by atoms with Crippen LogP contribution in [0.4, 0.5) is 0 Å². The second kappa shape index (κ2) is 14.2. The lowest BCUT2D eigenvalue weighted by atomic mass is 9.86. The fourth-order valence-corrected chi connectivity index (χ4v) is 11.3. The van der Waals surface area contributed by atoms with Gasteiger partial charge in [-0.3, -0.25) is 0 Å². The van der Waals surface area contributed by atoms with Crippen LogP contribution in [0, 0.1) is 0 Å². The van der Waals surface area contributed by atoms with E-state index in [0.717, 1.165) is 38.9 Å². The molecule has 0 fully saturated rings. The molecular formula is C55H33N3S2. The normalized spacial score (nSPS) is 11.7. The third-order valence-corrected chi connectivity index (χ3v) is 14.0. The van der Waals surface area contributed by atoms with Gasteiger partial charge in [-0.1, -0.05) is 176 Å². The highest BCUT2D eigenvalue weighted by atomic mass is 32.1. The average Bonchev–Trinajstić information content (AvgIpc) is 3.90. The van der Waals surface area contributed by atoms with Crippen molar-refractivity contribution in [1.29, 1.82) is 0 Å². The second-order valence-electron chi connectivity index (χ2n) is 15.0. The summed E-state index contributed by atoms with van der Waals surface area (Å²) in [7, 11) is 0. The lowest BCUT2D eigenvalue weighted by Gasteiger charge is -2.19. The number of fused-ring (bicyclic) bond motifs is 7. The van der Waals surface area contributed by atoms with Gasteiger partial charge < -0.3 is 0 Å². The third-order valence-electron chi connectivity index (χ3n) is 11.6. The summed E-state index contributed by atoms with van der Waals surface area (Å²) < 4.78 is 4.83. The molecule has 0 bridgehead atoms. The molecule has 0 aliphatic heterocycles. The van der Waals surface area contributed by atoms with Crippen LogP contribution in [-0.2, 0) is 0 Å². The average molecular weight is 800 g/mol. The molecule has 0 aliphatic rings. The van der Waals surface area contributed by atoms with Gasteiger partial charge in [-0.15, -0.1) is 22.7 Å². The van der Waals surface area contributed by atoms with Gasteiger partial charge in [0.25, 0.3) is 0 Å². The number of hydrogen-bond acceptors (Lipinski definition) is 5. The Hall–Kier alpha value is -7.31. The molecule has 0 amide bonds. The van der Waals surface area contributed by atoms with Gasteiger partial charge in [-0.2, -0.15) is 0 Å². The molecule has 3 heterocycles. The summed E-state index contributed by atoms with van der Waals surface area (Å²) in [6.45, 7) is 0. The summed E-state index contributed by atoms with van der Waals surface area (Å²) in [5, 5.41) is 7.31. The molecule has 0 radical (unpaired) electrons. The molecule has 280 valence electrons. The fourth-order valence-electron chi connectivity index (χ4n) is 8.87. The van der Waals surface area contributed by atoms with E-state index in [2.05, 4.69) is 200 Å². The summed E-state index contributed by atoms with van der Waals surface area (Å²) in [5.74, 6) is 1.96. The zero-order chi connectivity index (χ0) is 39.6. The predicted octanol–water partition coefficient (Wildman–Crippen LogP) is 15.8. The van der Waals surface area contributed by atoms with Crippen LogP contribution in [0.2, 0.25) is 0 Å². The smallest absolute Gasteiger partial charge is 0.165 e. The van der Waals surface area contributed by atoms with Crippen molar-refractivity contribution in [2.45, 2.75) is 0 Å². The van der Waals surface area contributed by atoms with Crippen molar-refractivity contribution < 1.29 is 0 Å². The molecule has 12 aromatic rings. The van der Waals surface area contributed by atoms with Crippen LogP contribution in [0.1, 0.15) is 0 Å². The Bertz CT molecular complexity index is 3470. The van der Waals surface area contributed by atoms with Gasteiger partial charge in [-0.25, -0.2) is 15.0 Å². The standard InChI is InChI=1S/C55H33N3S2/c1-3-16-34(17-4-1)36-32-33-39(38-21-8-7-20-37(36)38)42-24-13-27-45(50(42)35-18-5-2-6-19-35)53-56-54(46-28-14-25-43-40-22-9-11-30-48(40)59-51(43)46)58-55(57-53)47-29-15-26-44-41-23-10-12-31-49(41)60-52(44)47/h1-33H. The molecule has 0 N–H and O–H groups in total. The Morgan fingerprint density at radius 2 is 0.650 bits per heavy atom. The summed E-state index contributed by atoms with van der Waals surface area (Å²) in [6, 6.07) is 71.5. The van der Waals surface area contributed by atoms with E-state index in [9.17, 15) is 0 Å². The summed E-state index contributed by atoms with van der Waals surface area (Å²) in [6.07, 6.45) is 0. The first-order valence-corrected chi connectivity index (χ1v) is 21.7. The molecule has 9 aromatic carbocycles. The summed E-state index contributed by atoms with van der Waals surface area (Å²) >= 11 is 3.59. The molecule has 5 heteroatoms. The zero-order valence-corrected chi connectivity index (χ0v) is 33.8. The maximum absolute atomic E-state index is 5.47. The molecule has 0 saturated heterocycles. The van der Waals surface area contributed by atoms with Crippen molar-refractivity contribution in [2.75, 3.05) is 0 Å². The quantitative estimate of drug-likeness (QED) is 0.168. The minimum Gasteiger partial charge on any atom is -0.208 e. The van der Waals surface area contributed by atoms with Gasteiger partial charge in [0.15, 0.2) is 17.5 Å². The van der Waals surface area contributed by atoms with Crippen molar-refractivity contribution >= 4 is 73.8 Å². The van der Waals surface area contributed by atoms with Crippen LogP contribution in [-0.4, -0.2) is 15.0 Å². The molecule has 3 nitrogen and oxygen atoms in total. The van der Waals surface area contributed by atoms with Gasteiger partial charge in [0.2, 0.25) is 0 Å². The number of aromatic nitrogens is 3. The minimum atomic E-state index is 0.636. The Balaban J connectivity index is 1.15. The molecule has 0 spiro atoms. The first-order valence-electron chi connectivity index (χ1n) is 20.1. The van der Waals surface area contributed by atoms with Crippen LogP contribution in [0.3, 0.4) is 0 Å². The van der Waals surface area contributed by atoms with Gasteiger partial charge in [-0.05, 0) is 62.9 Å². The summed E-state index contributed by atoms with van der Waals surface area (Å²) in [4.78, 5) is 16.3. The van der Waals surface area contributed by atoms with Crippen LogP contribution in [0.15, 0.2) is 200 Å². The molecule has 12 rings (SSSR count). The number of thiophene rings is 2. The van der Waals surface area contributed by atoms with E-state index < -0.39 is 0 Å². The first-order chi connectivity index (χ1) is 29.8. The van der Waals surface area contributed by atoms with Crippen molar-refractivity contribution in [1.82, 2.24) is 15.0 Å². The van der Waals surface area contributed by atoms with Crippen molar-refractivity contribution in [3.63, 3.8) is 0 Å². The molecule has 60 heavy (non-hydrogen) atoms. The van der Waals surface area contributed by atoms with E-state index in [0.29, 0.717) is 17.5 Å². The second-order valence-corrected chi connectivity index (χ2v) is 17.1. The van der Waals surface area contributed by atoms with Gasteiger partial charge >= 0.3 is 0 Å². The maximum Gasteiger partial charge on any atom is 0.165 e. The number of benzene rings is 9. The first kappa shape index (κ1) is 34.7. The number of hydrogen-bond donors (Lipinski definition) is 0. The van der Waals surface area contributed by atoms with E-state index in [1.165, 1.54) is 62.2 Å². The number of nitrogens with zero attached hydrogens (tertiary/aromatic N) is 3. The van der Waals surface area contributed by atoms with E-state index >= 15 is 0 Å². The van der Waals surface area contributed by atoms with Gasteiger partial charge in [0, 0.05) is 62.6 Å². The Labute approximate surface area is 354 Å². The Kier molecular flexibility index (Phi) is 8.22. The predicted molar refractivity (Wildman–Crippen MR) is 256 cm³/mol. The van der Waals surface area contributed by atoms with E-state index in [1.54, 1.807) is 22.7 Å². The topological polar surface area (TPSA) is 38.7 Å². The molecule has 0 saturated carbocycles. The molecular weight excluding hydrogens is 767 g/mol. The van der Waals surface area contributed by atoms with E-state index in [4.69, 9.17) is 15.0 Å². The summed E-state index contributed by atoms with van der Waals surface area (Å²) in [5.41, 5.74) is 9.83. The van der Waals surface area contributed by atoms with Crippen LogP contribution in [0.25, 0.3) is 119 Å². The largest absolute Gasteiger partial charge is 0.208 e. The van der Waals surface area contributed by atoms with Gasteiger partial charge in [0.05, 0.1) is 0 Å².